The van der Waals surface area contributed by atoms with E-state index >= 15 is 0 Å². The van der Waals surface area contributed by atoms with Gasteiger partial charge in [0.15, 0.2) is 0 Å². The second kappa shape index (κ2) is 19.6. The molecule has 2 heterocycles. The number of benzene rings is 4. The zero-order valence-electron chi connectivity index (χ0n) is 31.0. The quantitative estimate of drug-likeness (QED) is 0.138. The molecule has 2 unspecified atom stereocenters. The van der Waals surface area contributed by atoms with Crippen LogP contribution in [0.25, 0.3) is 34.4 Å². The van der Waals surface area contributed by atoms with Gasteiger partial charge in [-0.25, -0.2) is 12.2 Å². The SMILES string of the molecule is CCCCc1ccc(-c2cccc3c2C=[C-]C3c2ccc(C)o2)cc1.CCCCc1ccc(-c2cccc3c2C=[C-]C3c2ccc(C)o2)cc1.[Cl-].[Cl-].[Zr+4]. The van der Waals surface area contributed by atoms with Crippen molar-refractivity contribution in [1.29, 1.82) is 0 Å². The third-order valence-electron chi connectivity index (χ3n) is 9.95. The van der Waals surface area contributed by atoms with Crippen LogP contribution in [0.3, 0.4) is 0 Å². The van der Waals surface area contributed by atoms with Crippen molar-refractivity contribution in [2.45, 2.75) is 78.1 Å². The van der Waals surface area contributed by atoms with Gasteiger partial charge in [-0.1, -0.05) is 123 Å². The van der Waals surface area contributed by atoms with Crippen LogP contribution in [0.1, 0.15) is 108 Å². The van der Waals surface area contributed by atoms with Gasteiger partial charge < -0.3 is 33.6 Å². The summed E-state index contributed by atoms with van der Waals surface area (Å²) in [7, 11) is 0. The first-order chi connectivity index (χ1) is 24.5. The molecule has 0 N–H and O–H groups in total. The van der Waals surface area contributed by atoms with Gasteiger partial charge in [0.1, 0.15) is 11.5 Å². The molecule has 6 aromatic rings. The fourth-order valence-corrected chi connectivity index (χ4v) is 7.16. The van der Waals surface area contributed by atoms with Crippen LogP contribution in [0.5, 0.6) is 0 Å². The number of halogens is 2. The van der Waals surface area contributed by atoms with Gasteiger partial charge in [-0.15, -0.1) is 11.1 Å². The first kappa shape index (κ1) is 42.1. The number of hydrogen-bond acceptors (Lipinski definition) is 2. The topological polar surface area (TPSA) is 26.3 Å². The molecule has 0 amide bonds. The van der Waals surface area contributed by atoms with Crippen molar-refractivity contribution in [2.24, 2.45) is 0 Å². The molecule has 2 aliphatic rings. The molecule has 0 radical (unpaired) electrons. The molecular formula is C48H46Cl2O2Zr. The molecule has 53 heavy (non-hydrogen) atoms. The number of aryl methyl sites for hydroxylation is 4. The Hall–Kier alpha value is -3.62. The molecule has 2 aromatic heterocycles. The molecule has 268 valence electrons. The smallest absolute Gasteiger partial charge is 1.00 e. The number of allylic oxidation sites excluding steroid dienone is 2. The van der Waals surface area contributed by atoms with Crippen LogP contribution in [-0.4, -0.2) is 0 Å². The van der Waals surface area contributed by atoms with Crippen LogP contribution in [-0.2, 0) is 39.0 Å². The number of fused-ring (bicyclic) bond motifs is 2. The van der Waals surface area contributed by atoms with Crippen molar-refractivity contribution in [2.75, 3.05) is 0 Å². The largest absolute Gasteiger partial charge is 4.00 e. The molecular weight excluding hydrogens is 771 g/mol. The van der Waals surface area contributed by atoms with Crippen molar-refractivity contribution in [3.63, 3.8) is 0 Å². The van der Waals surface area contributed by atoms with Gasteiger partial charge in [-0.3, -0.25) is 12.2 Å². The molecule has 2 aliphatic carbocycles. The predicted molar refractivity (Wildman–Crippen MR) is 207 cm³/mol. The van der Waals surface area contributed by atoms with E-state index in [-0.39, 0.29) is 62.9 Å². The Balaban J connectivity index is 0.000000224. The summed E-state index contributed by atoms with van der Waals surface area (Å²) < 4.78 is 11.7. The summed E-state index contributed by atoms with van der Waals surface area (Å²) in [5, 5.41) is 0. The van der Waals surface area contributed by atoms with E-state index in [1.807, 2.05) is 26.0 Å². The average Bonchev–Trinajstić information content (AvgIpc) is 3.97. The molecule has 0 saturated carbocycles. The molecule has 0 spiro atoms. The third-order valence-corrected chi connectivity index (χ3v) is 9.95. The maximum Gasteiger partial charge on any atom is 4.00 e. The Morgan fingerprint density at radius 1 is 0.509 bits per heavy atom. The number of furan rings is 2. The van der Waals surface area contributed by atoms with Gasteiger partial charge in [0.25, 0.3) is 0 Å². The van der Waals surface area contributed by atoms with Crippen molar-refractivity contribution < 1.29 is 59.9 Å². The van der Waals surface area contributed by atoms with E-state index in [4.69, 9.17) is 8.83 Å². The van der Waals surface area contributed by atoms with Gasteiger partial charge in [0.05, 0.1) is 11.5 Å². The average molecular weight is 817 g/mol. The van der Waals surface area contributed by atoms with Crippen LogP contribution >= 0.6 is 0 Å². The Morgan fingerprint density at radius 3 is 1.25 bits per heavy atom. The molecule has 5 heteroatoms. The molecule has 2 atom stereocenters. The summed E-state index contributed by atoms with van der Waals surface area (Å²) in [6.07, 6.45) is 18.5. The minimum atomic E-state index is 0. The number of hydrogen-bond donors (Lipinski definition) is 0. The summed E-state index contributed by atoms with van der Waals surface area (Å²) in [4.78, 5) is 0. The zero-order valence-corrected chi connectivity index (χ0v) is 35.0. The van der Waals surface area contributed by atoms with Crippen LogP contribution in [0.2, 0.25) is 0 Å². The first-order valence-corrected chi connectivity index (χ1v) is 18.3. The summed E-state index contributed by atoms with van der Waals surface area (Å²) in [5.74, 6) is 4.05. The summed E-state index contributed by atoms with van der Waals surface area (Å²) in [5.41, 5.74) is 13.0. The fourth-order valence-electron chi connectivity index (χ4n) is 7.16. The standard InChI is InChI=1S/2C24H23O.2ClH.Zr/c2*1-3-4-6-18-10-12-19(13-11-18)20-7-5-8-21-22(20)14-15-23(21)24-16-9-17(2)25-24;;;/h2*5,7-14,16,23H,3-4,6H2,1-2H3;2*1H;/q2*-1;;;+4/p-2. The second-order valence-corrected chi connectivity index (χ2v) is 13.6. The van der Waals surface area contributed by atoms with E-state index in [0.717, 1.165) is 35.9 Å². The molecule has 0 bridgehead atoms. The van der Waals surface area contributed by atoms with Gasteiger partial charge in [0.2, 0.25) is 0 Å². The van der Waals surface area contributed by atoms with Gasteiger partial charge >= 0.3 is 26.2 Å². The molecule has 8 rings (SSSR count). The Labute approximate surface area is 347 Å². The van der Waals surface area contributed by atoms with E-state index in [0.29, 0.717) is 0 Å². The summed E-state index contributed by atoms with van der Waals surface area (Å²) in [6, 6.07) is 39.3. The van der Waals surface area contributed by atoms with E-state index in [1.54, 1.807) is 0 Å². The molecule has 0 saturated heterocycles. The molecule has 4 aromatic carbocycles. The number of unbranched alkanes of at least 4 members (excludes halogenated alkanes) is 2. The monoisotopic (exact) mass is 814 g/mol. The minimum Gasteiger partial charge on any atom is -1.00 e. The summed E-state index contributed by atoms with van der Waals surface area (Å²) in [6.45, 7) is 8.45. The zero-order chi connectivity index (χ0) is 34.5. The maximum absolute atomic E-state index is 5.84. The van der Waals surface area contributed by atoms with Crippen molar-refractivity contribution in [1.82, 2.24) is 0 Å². The van der Waals surface area contributed by atoms with E-state index in [2.05, 4.69) is 135 Å². The minimum absolute atomic E-state index is 0. The van der Waals surface area contributed by atoms with Gasteiger partial charge in [-0.2, -0.15) is 11.1 Å². The third kappa shape index (κ3) is 9.55. The van der Waals surface area contributed by atoms with E-state index in [1.165, 1.54) is 81.3 Å². The van der Waals surface area contributed by atoms with E-state index < -0.39 is 0 Å². The van der Waals surface area contributed by atoms with Gasteiger partial charge in [-0.05, 0) is 97.9 Å². The normalized spacial score (nSPS) is 14.6. The Bertz CT molecular complexity index is 1960. The Morgan fingerprint density at radius 2 is 0.906 bits per heavy atom. The van der Waals surface area contributed by atoms with Crippen molar-refractivity contribution in [3.05, 3.63) is 178 Å². The first-order valence-electron chi connectivity index (χ1n) is 18.3. The van der Waals surface area contributed by atoms with Crippen LogP contribution < -0.4 is 24.8 Å². The summed E-state index contributed by atoms with van der Waals surface area (Å²) >= 11 is 0. The van der Waals surface area contributed by atoms with Crippen LogP contribution in [0.15, 0.2) is 118 Å². The van der Waals surface area contributed by atoms with Gasteiger partial charge in [0, 0.05) is 0 Å². The van der Waals surface area contributed by atoms with Crippen LogP contribution in [0, 0.1) is 26.0 Å². The predicted octanol–water partition coefficient (Wildman–Crippen LogP) is 7.12. The van der Waals surface area contributed by atoms with Crippen molar-refractivity contribution >= 4 is 12.2 Å². The molecule has 2 nitrogen and oxygen atoms in total. The molecule has 0 fully saturated rings. The van der Waals surface area contributed by atoms with E-state index in [9.17, 15) is 0 Å². The van der Waals surface area contributed by atoms with Crippen LogP contribution in [0.4, 0.5) is 0 Å². The van der Waals surface area contributed by atoms with Crippen molar-refractivity contribution in [3.8, 4) is 22.3 Å². The fraction of sp³-hybridized carbons (Fsp3) is 0.250. The maximum atomic E-state index is 5.84. The molecule has 0 aliphatic heterocycles. The number of rotatable bonds is 10. The Kier molecular flexibility index (Phi) is 15.6. The second-order valence-electron chi connectivity index (χ2n) is 13.6.